The summed E-state index contributed by atoms with van der Waals surface area (Å²) in [5.41, 5.74) is 2.88. The minimum Gasteiger partial charge on any atom is -0.496 e. The van der Waals surface area contributed by atoms with Crippen molar-refractivity contribution in [2.45, 2.75) is 18.7 Å². The van der Waals surface area contributed by atoms with E-state index >= 15 is 0 Å². The Morgan fingerprint density at radius 1 is 1.35 bits per heavy atom. The predicted octanol–water partition coefficient (Wildman–Crippen LogP) is 5.16. The molecule has 0 aliphatic rings. The van der Waals surface area contributed by atoms with Crippen molar-refractivity contribution in [2.24, 2.45) is 0 Å². The van der Waals surface area contributed by atoms with E-state index in [0.29, 0.717) is 0 Å². The van der Waals surface area contributed by atoms with Gasteiger partial charge in [0.15, 0.2) is 0 Å². The molecule has 0 N–H and O–H groups in total. The number of rotatable bonds is 4. The van der Waals surface area contributed by atoms with Crippen molar-refractivity contribution >= 4 is 40.9 Å². The lowest BCUT2D eigenvalue weighted by molar-refractivity contribution is 0.419. The molecule has 0 radical (unpaired) electrons. The molecule has 0 aliphatic carbocycles. The number of benzene rings is 1. The van der Waals surface area contributed by atoms with Crippen LogP contribution >= 0.6 is 24.4 Å². The number of methoxy groups -OCH3 is 1. The van der Waals surface area contributed by atoms with E-state index < -0.39 is 0 Å². The zero-order chi connectivity index (χ0) is 14.7. The second kappa shape index (κ2) is 6.37. The lowest BCUT2D eigenvalue weighted by Gasteiger charge is -2.09. The normalized spacial score (nSPS) is 11.7. The molecule has 0 spiro atoms. The number of pyridine rings is 1. The number of fused-ring (bicyclic) bond motifs is 1. The van der Waals surface area contributed by atoms with Crippen molar-refractivity contribution in [3.8, 4) is 5.75 Å². The molecule has 0 unspecified atom stereocenters. The molecule has 0 bridgehead atoms. The van der Waals surface area contributed by atoms with Gasteiger partial charge in [-0.2, -0.15) is 0 Å². The zero-order valence-electron chi connectivity index (χ0n) is 11.8. The van der Waals surface area contributed by atoms with Gasteiger partial charge in [0.25, 0.3) is 0 Å². The Hall–Kier alpha value is -1.39. The summed E-state index contributed by atoms with van der Waals surface area (Å²) in [6.45, 7) is 7.90. The summed E-state index contributed by atoms with van der Waals surface area (Å²) in [4.78, 5) is 6.62. The van der Waals surface area contributed by atoms with E-state index in [4.69, 9.17) is 4.74 Å². The molecule has 0 saturated heterocycles. The molecule has 20 heavy (non-hydrogen) atoms. The Labute approximate surface area is 129 Å². The summed E-state index contributed by atoms with van der Waals surface area (Å²) in [6.07, 6.45) is 0. The molecular weight excluding hydrogens is 286 g/mol. The van der Waals surface area contributed by atoms with Crippen LogP contribution in [0.5, 0.6) is 5.75 Å². The molecule has 2 nitrogen and oxygen atoms in total. The number of nitrogens with zero attached hydrogens (tertiary/aromatic N) is 1. The molecule has 1 aromatic heterocycles. The van der Waals surface area contributed by atoms with Crippen LogP contribution < -0.4 is 4.74 Å². The van der Waals surface area contributed by atoms with Gasteiger partial charge in [-0.15, -0.1) is 24.4 Å². The van der Waals surface area contributed by atoms with Gasteiger partial charge in [-0.25, -0.2) is 4.98 Å². The number of ether oxygens (including phenoxy) is 1. The number of thiol groups is 1. The van der Waals surface area contributed by atoms with E-state index in [2.05, 4.69) is 29.6 Å². The minimum absolute atomic E-state index is 0.825. The Bertz CT molecular complexity index is 692. The molecule has 2 aromatic rings. The van der Waals surface area contributed by atoms with Gasteiger partial charge in [0.2, 0.25) is 0 Å². The molecule has 2 rings (SSSR count). The molecule has 0 fully saturated rings. The van der Waals surface area contributed by atoms with Gasteiger partial charge in [-0.3, -0.25) is 0 Å². The first-order chi connectivity index (χ1) is 9.51. The maximum Gasteiger partial charge on any atom is 0.130 e. The van der Waals surface area contributed by atoms with Crippen LogP contribution in [0.1, 0.15) is 19.5 Å². The number of aromatic nitrogens is 1. The second-order valence-electron chi connectivity index (χ2n) is 4.53. The largest absolute Gasteiger partial charge is 0.496 e. The fourth-order valence-corrected chi connectivity index (χ4v) is 2.50. The molecule has 0 atom stereocenters. The fourth-order valence-electron chi connectivity index (χ4n) is 1.81. The quantitative estimate of drug-likeness (QED) is 0.789. The van der Waals surface area contributed by atoms with Crippen molar-refractivity contribution in [3.05, 3.63) is 46.9 Å². The zero-order valence-corrected chi connectivity index (χ0v) is 13.5. The van der Waals surface area contributed by atoms with Gasteiger partial charge in [-0.1, -0.05) is 6.58 Å². The van der Waals surface area contributed by atoms with Crippen LogP contribution in [-0.2, 0) is 0 Å². The van der Waals surface area contributed by atoms with Crippen LogP contribution in [-0.4, -0.2) is 12.1 Å². The third kappa shape index (κ3) is 3.38. The monoisotopic (exact) mass is 303 g/mol. The highest BCUT2D eigenvalue weighted by molar-refractivity contribution is 8.05. The maximum atomic E-state index is 5.47. The smallest absolute Gasteiger partial charge is 0.130 e. The van der Waals surface area contributed by atoms with Crippen LogP contribution in [0.25, 0.3) is 16.5 Å². The van der Waals surface area contributed by atoms with Gasteiger partial charge in [0, 0.05) is 16.3 Å². The van der Waals surface area contributed by atoms with Crippen LogP contribution in [0.15, 0.2) is 46.1 Å². The molecule has 104 valence electrons. The fraction of sp³-hybridized carbons (Fsp3) is 0.188. The summed E-state index contributed by atoms with van der Waals surface area (Å²) in [6, 6.07) is 7.83. The predicted molar refractivity (Wildman–Crippen MR) is 91.6 cm³/mol. The van der Waals surface area contributed by atoms with Crippen LogP contribution in [0.4, 0.5) is 0 Å². The molecule has 0 saturated carbocycles. The van der Waals surface area contributed by atoms with Crippen molar-refractivity contribution in [3.63, 3.8) is 0 Å². The molecule has 0 aliphatic heterocycles. The first-order valence-electron chi connectivity index (χ1n) is 6.18. The van der Waals surface area contributed by atoms with Crippen LogP contribution in [0.3, 0.4) is 0 Å². The van der Waals surface area contributed by atoms with Crippen molar-refractivity contribution < 1.29 is 4.74 Å². The van der Waals surface area contributed by atoms with Gasteiger partial charge < -0.3 is 4.74 Å². The summed E-state index contributed by atoms with van der Waals surface area (Å²) >= 11 is 5.97. The Kier molecular flexibility index (Phi) is 4.78. The van der Waals surface area contributed by atoms with E-state index in [-0.39, 0.29) is 0 Å². The second-order valence-corrected chi connectivity index (χ2v) is 6.22. The summed E-state index contributed by atoms with van der Waals surface area (Å²) in [5, 5.41) is 3.05. The summed E-state index contributed by atoms with van der Waals surface area (Å²) in [7, 11) is 1.68. The van der Waals surface area contributed by atoms with Crippen molar-refractivity contribution in [1.82, 2.24) is 4.98 Å². The third-order valence-electron chi connectivity index (χ3n) is 2.82. The van der Waals surface area contributed by atoms with E-state index in [1.165, 1.54) is 0 Å². The van der Waals surface area contributed by atoms with Crippen molar-refractivity contribution in [1.29, 1.82) is 0 Å². The average Bonchev–Trinajstić information content (AvgIpc) is 2.42. The molecular formula is C16H17NOS2. The van der Waals surface area contributed by atoms with E-state index in [0.717, 1.165) is 37.7 Å². The van der Waals surface area contributed by atoms with Crippen molar-refractivity contribution in [2.75, 3.05) is 7.11 Å². The number of allylic oxidation sites excluding steroid dienone is 2. The standard InChI is InChI=1S/C16H17NOS2/c1-10(2)20-9-11(3)14-8-16(18-4)13-6-5-12(19)7-15(13)17-14/h5-9,19H,1H2,2-4H3/b11-9+. The van der Waals surface area contributed by atoms with E-state index in [9.17, 15) is 0 Å². The van der Waals surface area contributed by atoms with Gasteiger partial charge >= 0.3 is 0 Å². The van der Waals surface area contributed by atoms with E-state index in [1.807, 2.05) is 38.1 Å². The third-order valence-corrected chi connectivity index (χ3v) is 3.97. The lowest BCUT2D eigenvalue weighted by atomic mass is 10.1. The first kappa shape index (κ1) is 15.0. The highest BCUT2D eigenvalue weighted by atomic mass is 32.2. The van der Waals surface area contributed by atoms with Gasteiger partial charge in [0.05, 0.1) is 18.3 Å². The first-order valence-corrected chi connectivity index (χ1v) is 7.51. The molecule has 0 amide bonds. The lowest BCUT2D eigenvalue weighted by Crippen LogP contribution is -1.92. The van der Waals surface area contributed by atoms with E-state index in [1.54, 1.807) is 18.9 Å². The summed E-state index contributed by atoms with van der Waals surface area (Å²) < 4.78 is 5.47. The Morgan fingerprint density at radius 3 is 2.75 bits per heavy atom. The highest BCUT2D eigenvalue weighted by Gasteiger charge is 2.08. The van der Waals surface area contributed by atoms with Crippen LogP contribution in [0, 0.1) is 0 Å². The maximum absolute atomic E-state index is 5.47. The number of thioether (sulfide) groups is 1. The molecule has 1 heterocycles. The van der Waals surface area contributed by atoms with Gasteiger partial charge in [-0.05, 0) is 47.9 Å². The highest BCUT2D eigenvalue weighted by Crippen LogP contribution is 2.30. The Morgan fingerprint density at radius 2 is 2.10 bits per heavy atom. The molecule has 1 aromatic carbocycles. The average molecular weight is 303 g/mol. The summed E-state index contributed by atoms with van der Waals surface area (Å²) in [5.74, 6) is 0.825. The number of hydrogen-bond donors (Lipinski definition) is 1. The van der Waals surface area contributed by atoms with Crippen LogP contribution in [0.2, 0.25) is 0 Å². The molecule has 4 heteroatoms. The topological polar surface area (TPSA) is 22.1 Å². The SMILES string of the molecule is C=C(C)S/C=C(\C)c1cc(OC)c2ccc(S)cc2n1. The minimum atomic E-state index is 0.825. The Balaban J connectivity index is 2.54. The number of hydrogen-bond acceptors (Lipinski definition) is 4. The van der Waals surface area contributed by atoms with Gasteiger partial charge in [0.1, 0.15) is 5.75 Å².